The number of hydrogen-bond donors (Lipinski definition) is 0. The van der Waals surface area contributed by atoms with Crippen molar-refractivity contribution in [1.29, 1.82) is 0 Å². The van der Waals surface area contributed by atoms with E-state index in [0.717, 1.165) is 6.42 Å². The third-order valence-electron chi connectivity index (χ3n) is 3.79. The molecule has 1 saturated carbocycles. The lowest BCUT2D eigenvalue weighted by atomic mass is 9.65. The molecule has 3 atom stereocenters. The summed E-state index contributed by atoms with van der Waals surface area (Å²) in [5.41, 5.74) is 0.129. The van der Waals surface area contributed by atoms with Crippen LogP contribution >= 0.6 is 0 Å². The summed E-state index contributed by atoms with van der Waals surface area (Å²) in [6.45, 7) is 10.6. The van der Waals surface area contributed by atoms with Crippen molar-refractivity contribution in [3.8, 4) is 0 Å². The van der Waals surface area contributed by atoms with Gasteiger partial charge in [-0.2, -0.15) is 0 Å². The minimum absolute atomic E-state index is 0.0575. The molecule has 1 rings (SSSR count). The summed E-state index contributed by atoms with van der Waals surface area (Å²) in [6, 6.07) is 0. The van der Waals surface area contributed by atoms with Gasteiger partial charge in [0, 0.05) is 6.42 Å². The Morgan fingerprint density at radius 3 is 2.41 bits per heavy atom. The van der Waals surface area contributed by atoms with Crippen LogP contribution in [0.25, 0.3) is 0 Å². The van der Waals surface area contributed by atoms with Crippen molar-refractivity contribution in [3.05, 3.63) is 0 Å². The van der Waals surface area contributed by atoms with Crippen LogP contribution in [-0.4, -0.2) is 18.4 Å². The summed E-state index contributed by atoms with van der Waals surface area (Å²) in [5.74, 6) is -0.344. The van der Waals surface area contributed by atoms with Gasteiger partial charge in [0.15, 0.2) is 0 Å². The Morgan fingerprint density at radius 2 is 2.00 bits per heavy atom. The molecule has 3 nitrogen and oxygen atoms in total. The first-order valence-electron chi connectivity index (χ1n) is 6.46. The van der Waals surface area contributed by atoms with E-state index >= 15 is 0 Å². The molecule has 0 aromatic heterocycles. The van der Waals surface area contributed by atoms with Crippen LogP contribution in [0.15, 0.2) is 0 Å². The van der Waals surface area contributed by atoms with Crippen LogP contribution < -0.4 is 0 Å². The van der Waals surface area contributed by atoms with E-state index < -0.39 is 5.92 Å². The average molecular weight is 240 g/mol. The van der Waals surface area contributed by atoms with Crippen molar-refractivity contribution < 1.29 is 14.3 Å². The summed E-state index contributed by atoms with van der Waals surface area (Å²) in [6.07, 6.45) is 1.44. The zero-order valence-electron chi connectivity index (χ0n) is 11.6. The lowest BCUT2D eigenvalue weighted by Gasteiger charge is -2.38. The summed E-state index contributed by atoms with van der Waals surface area (Å²) < 4.78 is 4.98. The van der Waals surface area contributed by atoms with E-state index in [2.05, 4.69) is 20.8 Å². The van der Waals surface area contributed by atoms with Gasteiger partial charge in [0.2, 0.25) is 0 Å². The fraction of sp³-hybridized carbons (Fsp3) is 0.857. The number of ketones is 1. The normalized spacial score (nSPS) is 30.2. The molecule has 98 valence electrons. The molecule has 0 bridgehead atoms. The second-order valence-corrected chi connectivity index (χ2v) is 6.18. The van der Waals surface area contributed by atoms with E-state index in [1.807, 2.05) is 6.92 Å². The Bertz CT molecular complexity index is 301. The molecule has 0 saturated heterocycles. The fourth-order valence-electron chi connectivity index (χ4n) is 2.61. The fourth-order valence-corrected chi connectivity index (χ4v) is 2.61. The molecule has 17 heavy (non-hydrogen) atoms. The third kappa shape index (κ3) is 3.30. The van der Waals surface area contributed by atoms with Gasteiger partial charge < -0.3 is 4.74 Å². The second kappa shape index (κ2) is 5.19. The van der Waals surface area contributed by atoms with Crippen LogP contribution in [0.1, 0.15) is 47.5 Å². The van der Waals surface area contributed by atoms with Gasteiger partial charge >= 0.3 is 5.97 Å². The second-order valence-electron chi connectivity index (χ2n) is 6.18. The molecule has 0 heterocycles. The number of carbonyl (C=O) groups excluding carboxylic acids is 2. The number of hydrogen-bond acceptors (Lipinski definition) is 3. The number of ether oxygens (including phenoxy) is 1. The molecular weight excluding hydrogens is 216 g/mol. The topological polar surface area (TPSA) is 43.4 Å². The molecule has 3 unspecified atom stereocenters. The molecule has 0 aliphatic heterocycles. The Labute approximate surface area is 104 Å². The van der Waals surface area contributed by atoms with Crippen LogP contribution in [0.3, 0.4) is 0 Å². The van der Waals surface area contributed by atoms with Gasteiger partial charge in [0.1, 0.15) is 11.7 Å². The van der Waals surface area contributed by atoms with Crippen molar-refractivity contribution in [2.24, 2.45) is 23.2 Å². The first-order chi connectivity index (χ1) is 7.77. The molecule has 1 fully saturated rings. The van der Waals surface area contributed by atoms with Gasteiger partial charge in [0.05, 0.1) is 6.61 Å². The molecule has 0 aromatic rings. The molecule has 3 heteroatoms. The molecule has 0 spiro atoms. The zero-order chi connectivity index (χ0) is 13.2. The van der Waals surface area contributed by atoms with E-state index in [4.69, 9.17) is 4.74 Å². The highest BCUT2D eigenvalue weighted by Gasteiger charge is 2.42. The highest BCUT2D eigenvalue weighted by molar-refractivity contribution is 6.00. The predicted molar refractivity (Wildman–Crippen MR) is 66.5 cm³/mol. The summed E-state index contributed by atoms with van der Waals surface area (Å²) >= 11 is 0. The SMILES string of the molecule is CCOC(=O)C1C(=O)CC(C(C)(C)C)CC1C. The van der Waals surface area contributed by atoms with Crippen molar-refractivity contribution in [2.45, 2.75) is 47.5 Å². The van der Waals surface area contributed by atoms with Crippen molar-refractivity contribution in [3.63, 3.8) is 0 Å². The van der Waals surface area contributed by atoms with Gasteiger partial charge in [0.25, 0.3) is 0 Å². The third-order valence-corrected chi connectivity index (χ3v) is 3.79. The van der Waals surface area contributed by atoms with Crippen LogP contribution in [0, 0.1) is 23.2 Å². The van der Waals surface area contributed by atoms with E-state index in [0.29, 0.717) is 18.9 Å². The molecule has 0 radical (unpaired) electrons. The molecule has 1 aliphatic carbocycles. The molecule has 0 N–H and O–H groups in total. The average Bonchev–Trinajstić information content (AvgIpc) is 2.15. The Hall–Kier alpha value is -0.860. The number of esters is 1. The quantitative estimate of drug-likeness (QED) is 0.550. The maximum absolute atomic E-state index is 12.1. The minimum atomic E-state index is -0.534. The Kier molecular flexibility index (Phi) is 4.34. The highest BCUT2D eigenvalue weighted by atomic mass is 16.5. The zero-order valence-corrected chi connectivity index (χ0v) is 11.6. The standard InChI is InChI=1S/C14H24O3/c1-6-17-13(16)12-9(2)7-10(8-11(12)15)14(3,4)5/h9-10,12H,6-8H2,1-5H3. The molecule has 1 aliphatic rings. The molecular formula is C14H24O3. The van der Waals surface area contributed by atoms with E-state index in [1.54, 1.807) is 6.92 Å². The molecule has 0 aromatic carbocycles. The van der Waals surface area contributed by atoms with Gasteiger partial charge in [-0.1, -0.05) is 27.7 Å². The summed E-state index contributed by atoms with van der Waals surface area (Å²) in [5, 5.41) is 0. The van der Waals surface area contributed by atoms with E-state index in [1.165, 1.54) is 0 Å². The van der Waals surface area contributed by atoms with Crippen molar-refractivity contribution in [2.75, 3.05) is 6.61 Å². The summed E-state index contributed by atoms with van der Waals surface area (Å²) in [7, 11) is 0. The van der Waals surface area contributed by atoms with Gasteiger partial charge in [-0.25, -0.2) is 0 Å². The van der Waals surface area contributed by atoms with Crippen molar-refractivity contribution >= 4 is 11.8 Å². The van der Waals surface area contributed by atoms with Gasteiger partial charge in [-0.3, -0.25) is 9.59 Å². The van der Waals surface area contributed by atoms with Crippen LogP contribution in [0.4, 0.5) is 0 Å². The Morgan fingerprint density at radius 1 is 1.41 bits per heavy atom. The number of carbonyl (C=O) groups is 2. The smallest absolute Gasteiger partial charge is 0.316 e. The van der Waals surface area contributed by atoms with E-state index in [-0.39, 0.29) is 23.1 Å². The number of Topliss-reactive ketones (excluding diaryl/α,β-unsaturated/α-hetero) is 1. The lowest BCUT2D eigenvalue weighted by Crippen LogP contribution is -2.41. The number of rotatable bonds is 2. The van der Waals surface area contributed by atoms with Crippen LogP contribution in [0.2, 0.25) is 0 Å². The Balaban J connectivity index is 2.76. The maximum atomic E-state index is 12.1. The van der Waals surface area contributed by atoms with Gasteiger partial charge in [-0.05, 0) is 30.6 Å². The molecule has 0 amide bonds. The first kappa shape index (κ1) is 14.2. The van der Waals surface area contributed by atoms with Crippen LogP contribution in [-0.2, 0) is 14.3 Å². The van der Waals surface area contributed by atoms with Crippen molar-refractivity contribution in [1.82, 2.24) is 0 Å². The van der Waals surface area contributed by atoms with Crippen LogP contribution in [0.5, 0.6) is 0 Å². The summed E-state index contributed by atoms with van der Waals surface area (Å²) in [4.78, 5) is 23.8. The largest absolute Gasteiger partial charge is 0.465 e. The first-order valence-corrected chi connectivity index (χ1v) is 6.46. The highest BCUT2D eigenvalue weighted by Crippen LogP contribution is 2.41. The van der Waals surface area contributed by atoms with Gasteiger partial charge in [-0.15, -0.1) is 0 Å². The minimum Gasteiger partial charge on any atom is -0.465 e. The maximum Gasteiger partial charge on any atom is 0.316 e. The monoisotopic (exact) mass is 240 g/mol. The lowest BCUT2D eigenvalue weighted by molar-refractivity contribution is -0.156. The predicted octanol–water partition coefficient (Wildman–Crippen LogP) is 2.83. The van der Waals surface area contributed by atoms with E-state index in [9.17, 15) is 9.59 Å².